The van der Waals surface area contributed by atoms with E-state index in [4.69, 9.17) is 9.47 Å². The Labute approximate surface area is 115 Å². The van der Waals surface area contributed by atoms with Crippen LogP contribution in [0.25, 0.3) is 0 Å². The summed E-state index contributed by atoms with van der Waals surface area (Å²) in [6.07, 6.45) is 2.22. The van der Waals surface area contributed by atoms with E-state index in [1.54, 1.807) is 6.07 Å². The molecule has 108 valence electrons. The van der Waals surface area contributed by atoms with Crippen LogP contribution in [0.3, 0.4) is 0 Å². The maximum atomic E-state index is 9.23. The van der Waals surface area contributed by atoms with Crippen molar-refractivity contribution < 1.29 is 14.6 Å². The molecule has 19 heavy (non-hydrogen) atoms. The smallest absolute Gasteiger partial charge is 0.213 e. The van der Waals surface area contributed by atoms with Crippen molar-refractivity contribution in [2.45, 2.75) is 46.1 Å². The van der Waals surface area contributed by atoms with Crippen molar-refractivity contribution in [1.29, 1.82) is 0 Å². The van der Waals surface area contributed by atoms with Crippen molar-refractivity contribution in [3.63, 3.8) is 0 Å². The molecule has 1 N–H and O–H groups in total. The third-order valence-electron chi connectivity index (χ3n) is 2.78. The fourth-order valence-corrected chi connectivity index (χ4v) is 1.60. The molecule has 0 aromatic carbocycles. The second-order valence-corrected chi connectivity index (χ2v) is 4.87. The zero-order valence-electron chi connectivity index (χ0n) is 12.2. The molecule has 0 atom stereocenters. The first-order valence-electron chi connectivity index (χ1n) is 6.99. The van der Waals surface area contributed by atoms with E-state index < -0.39 is 0 Å². The minimum Gasteiger partial charge on any atom is -0.475 e. The first-order chi connectivity index (χ1) is 9.17. The molecule has 0 bridgehead atoms. The molecular weight excluding hydrogens is 242 g/mol. The lowest BCUT2D eigenvalue weighted by Gasteiger charge is -2.11. The summed E-state index contributed by atoms with van der Waals surface area (Å²) in [5, 5.41) is 9.23. The van der Waals surface area contributed by atoms with E-state index in [9.17, 15) is 5.11 Å². The SMILES string of the molecule is CCCCOCCOc1cc(CO)cc(C(C)C)n1. The van der Waals surface area contributed by atoms with Crippen LogP contribution in [0.2, 0.25) is 0 Å². The molecule has 0 amide bonds. The maximum absolute atomic E-state index is 9.23. The van der Waals surface area contributed by atoms with Crippen LogP contribution in [0.15, 0.2) is 12.1 Å². The number of aromatic nitrogens is 1. The van der Waals surface area contributed by atoms with Crippen molar-refractivity contribution in [1.82, 2.24) is 4.98 Å². The number of ether oxygens (including phenoxy) is 2. The van der Waals surface area contributed by atoms with Gasteiger partial charge in [0.2, 0.25) is 5.88 Å². The summed E-state index contributed by atoms with van der Waals surface area (Å²) in [7, 11) is 0. The quantitative estimate of drug-likeness (QED) is 0.699. The lowest BCUT2D eigenvalue weighted by atomic mass is 10.1. The van der Waals surface area contributed by atoms with Crippen LogP contribution in [0, 0.1) is 0 Å². The molecule has 1 rings (SSSR count). The van der Waals surface area contributed by atoms with E-state index in [1.807, 2.05) is 6.07 Å². The predicted octanol–water partition coefficient (Wildman–Crippen LogP) is 2.89. The average molecular weight is 267 g/mol. The third kappa shape index (κ3) is 6.03. The van der Waals surface area contributed by atoms with E-state index in [2.05, 4.69) is 25.8 Å². The van der Waals surface area contributed by atoms with E-state index >= 15 is 0 Å². The van der Waals surface area contributed by atoms with Gasteiger partial charge < -0.3 is 14.6 Å². The lowest BCUT2D eigenvalue weighted by Crippen LogP contribution is -2.09. The van der Waals surface area contributed by atoms with Crippen LogP contribution in [-0.4, -0.2) is 29.9 Å². The molecule has 0 fully saturated rings. The van der Waals surface area contributed by atoms with Crippen LogP contribution in [0.5, 0.6) is 5.88 Å². The van der Waals surface area contributed by atoms with Crippen molar-refractivity contribution in [2.75, 3.05) is 19.8 Å². The summed E-state index contributed by atoms with van der Waals surface area (Å²) in [5.41, 5.74) is 1.77. The standard InChI is InChI=1S/C15H25NO3/c1-4-5-6-18-7-8-19-15-10-13(11-17)9-14(16-15)12(2)3/h9-10,12,17H,4-8,11H2,1-3H3. The number of rotatable bonds is 9. The van der Waals surface area contributed by atoms with Gasteiger partial charge in [0, 0.05) is 18.4 Å². The first-order valence-corrected chi connectivity index (χ1v) is 6.99. The lowest BCUT2D eigenvalue weighted by molar-refractivity contribution is 0.0963. The van der Waals surface area contributed by atoms with Gasteiger partial charge in [-0.05, 0) is 24.0 Å². The van der Waals surface area contributed by atoms with E-state index in [0.29, 0.717) is 25.0 Å². The molecule has 4 nitrogen and oxygen atoms in total. The number of hydrogen-bond donors (Lipinski definition) is 1. The van der Waals surface area contributed by atoms with Gasteiger partial charge >= 0.3 is 0 Å². The highest BCUT2D eigenvalue weighted by Gasteiger charge is 2.06. The van der Waals surface area contributed by atoms with Crippen molar-refractivity contribution in [3.8, 4) is 5.88 Å². The number of aliphatic hydroxyl groups excluding tert-OH is 1. The van der Waals surface area contributed by atoms with Gasteiger partial charge in [0.15, 0.2) is 0 Å². The van der Waals surface area contributed by atoms with Crippen LogP contribution >= 0.6 is 0 Å². The van der Waals surface area contributed by atoms with Gasteiger partial charge in [-0.3, -0.25) is 0 Å². The van der Waals surface area contributed by atoms with E-state index in [-0.39, 0.29) is 6.61 Å². The summed E-state index contributed by atoms with van der Waals surface area (Å²) in [6.45, 7) is 8.12. The molecule has 0 saturated heterocycles. The Hall–Kier alpha value is -1.13. The Bertz CT molecular complexity index is 366. The third-order valence-corrected chi connectivity index (χ3v) is 2.78. The van der Waals surface area contributed by atoms with Gasteiger partial charge in [-0.2, -0.15) is 0 Å². The van der Waals surface area contributed by atoms with Gasteiger partial charge in [0.25, 0.3) is 0 Å². The molecule has 0 aliphatic rings. The van der Waals surface area contributed by atoms with Crippen molar-refractivity contribution in [2.24, 2.45) is 0 Å². The number of aliphatic hydroxyl groups is 1. The summed E-state index contributed by atoms with van der Waals surface area (Å²) in [6, 6.07) is 3.69. The highest BCUT2D eigenvalue weighted by atomic mass is 16.5. The molecule has 0 spiro atoms. The number of pyridine rings is 1. The summed E-state index contributed by atoms with van der Waals surface area (Å²) in [5.74, 6) is 0.879. The fraction of sp³-hybridized carbons (Fsp3) is 0.667. The second kappa shape index (κ2) is 8.88. The molecule has 0 saturated carbocycles. The van der Waals surface area contributed by atoms with Crippen LogP contribution in [0.4, 0.5) is 0 Å². The zero-order valence-corrected chi connectivity index (χ0v) is 12.2. The number of nitrogens with zero attached hydrogens (tertiary/aromatic N) is 1. The van der Waals surface area contributed by atoms with Crippen molar-refractivity contribution >= 4 is 0 Å². The normalized spacial score (nSPS) is 11.0. The molecule has 1 aromatic rings. The fourth-order valence-electron chi connectivity index (χ4n) is 1.60. The largest absolute Gasteiger partial charge is 0.475 e. The van der Waals surface area contributed by atoms with Gasteiger partial charge in [-0.15, -0.1) is 0 Å². The molecule has 1 heterocycles. The molecular formula is C15H25NO3. The molecule has 1 aromatic heterocycles. The summed E-state index contributed by atoms with van der Waals surface area (Å²) in [4.78, 5) is 4.43. The van der Waals surface area contributed by atoms with Gasteiger partial charge in [0.1, 0.15) is 6.61 Å². The Balaban J connectivity index is 2.46. The van der Waals surface area contributed by atoms with Crippen molar-refractivity contribution in [3.05, 3.63) is 23.4 Å². The summed E-state index contributed by atoms with van der Waals surface area (Å²) >= 11 is 0. The Morgan fingerprint density at radius 1 is 1.21 bits per heavy atom. The van der Waals surface area contributed by atoms with Crippen LogP contribution < -0.4 is 4.74 Å². The average Bonchev–Trinajstić information content (AvgIpc) is 2.42. The molecule has 0 aliphatic heterocycles. The highest BCUT2D eigenvalue weighted by Crippen LogP contribution is 2.19. The topological polar surface area (TPSA) is 51.6 Å². The van der Waals surface area contributed by atoms with Crippen LogP contribution in [0.1, 0.15) is 50.8 Å². The second-order valence-electron chi connectivity index (χ2n) is 4.87. The molecule has 4 heteroatoms. The zero-order chi connectivity index (χ0) is 14.1. The molecule has 0 aliphatic carbocycles. The van der Waals surface area contributed by atoms with E-state index in [1.165, 1.54) is 0 Å². The maximum Gasteiger partial charge on any atom is 0.213 e. The number of hydrogen-bond acceptors (Lipinski definition) is 4. The van der Waals surface area contributed by atoms with Gasteiger partial charge in [-0.1, -0.05) is 27.2 Å². The Morgan fingerprint density at radius 2 is 2.00 bits per heavy atom. The van der Waals surface area contributed by atoms with Gasteiger partial charge in [0.05, 0.1) is 13.2 Å². The Morgan fingerprint density at radius 3 is 2.63 bits per heavy atom. The summed E-state index contributed by atoms with van der Waals surface area (Å²) < 4.78 is 11.0. The first kappa shape index (κ1) is 15.9. The monoisotopic (exact) mass is 267 g/mol. The van der Waals surface area contributed by atoms with E-state index in [0.717, 1.165) is 30.7 Å². The van der Waals surface area contributed by atoms with Gasteiger partial charge in [-0.25, -0.2) is 4.98 Å². The number of unbranched alkanes of at least 4 members (excludes halogenated alkanes) is 1. The Kier molecular flexibility index (Phi) is 7.45. The highest BCUT2D eigenvalue weighted by molar-refractivity contribution is 5.26. The minimum atomic E-state index is 0.00556. The molecule has 0 radical (unpaired) electrons. The minimum absolute atomic E-state index is 0.00556. The molecule has 0 unspecified atom stereocenters. The predicted molar refractivity (Wildman–Crippen MR) is 75.5 cm³/mol. The van der Waals surface area contributed by atoms with Crippen LogP contribution in [-0.2, 0) is 11.3 Å².